The second-order valence-corrected chi connectivity index (χ2v) is 9.25. The molecule has 3 aliphatic rings. The first-order valence-electron chi connectivity index (χ1n) is 11.3. The van der Waals surface area contributed by atoms with Gasteiger partial charge in [-0.1, -0.05) is 35.3 Å². The molecule has 0 unspecified atom stereocenters. The molecule has 1 saturated carbocycles. The second-order valence-electron chi connectivity index (χ2n) is 8.44. The molecule has 1 N–H and O–H groups in total. The maximum atomic E-state index is 6.41. The zero-order chi connectivity index (χ0) is 23.9. The molecule has 0 spiro atoms. The van der Waals surface area contributed by atoms with Crippen molar-refractivity contribution >= 4 is 45.6 Å². The number of nitrogens with one attached hydrogen (secondary N) is 1. The monoisotopic (exact) mass is 501 g/mol. The summed E-state index contributed by atoms with van der Waals surface area (Å²) in [6.45, 7) is 0. The van der Waals surface area contributed by atoms with Crippen LogP contribution >= 0.6 is 23.2 Å². The average molecular weight is 502 g/mol. The summed E-state index contributed by atoms with van der Waals surface area (Å²) in [7, 11) is 1.61. The predicted molar refractivity (Wildman–Crippen MR) is 140 cm³/mol. The second kappa shape index (κ2) is 8.87. The Morgan fingerprint density at radius 1 is 0.971 bits per heavy atom. The molecule has 0 atom stereocenters. The lowest BCUT2D eigenvalue weighted by Crippen LogP contribution is -2.16. The molecule has 0 saturated heterocycles. The minimum absolute atomic E-state index is 0.329. The number of fused-ring (bicyclic) bond motifs is 2. The number of anilines is 2. The lowest BCUT2D eigenvalue weighted by Gasteiger charge is -2.20. The molecule has 1 aromatic heterocycles. The Bertz CT molecular complexity index is 1610. The number of benzene rings is 3. The third-order valence-electron chi connectivity index (χ3n) is 5.96. The molecule has 0 bridgehead atoms. The van der Waals surface area contributed by atoms with Gasteiger partial charge in [0.25, 0.3) is 0 Å². The number of aromatic nitrogens is 3. The molecule has 6 nitrogen and oxygen atoms in total. The fraction of sp³-hybridized carbons (Fsp3) is 0.148. The van der Waals surface area contributed by atoms with Crippen LogP contribution in [0.2, 0.25) is 10.0 Å². The van der Waals surface area contributed by atoms with Crippen molar-refractivity contribution in [3.8, 4) is 23.0 Å². The van der Waals surface area contributed by atoms with Crippen LogP contribution in [0.25, 0.3) is 28.1 Å². The van der Waals surface area contributed by atoms with E-state index in [4.69, 9.17) is 37.9 Å². The highest BCUT2D eigenvalue weighted by Crippen LogP contribution is 2.34. The van der Waals surface area contributed by atoms with Gasteiger partial charge >= 0.3 is 0 Å². The molecule has 0 amide bonds. The Morgan fingerprint density at radius 3 is 2.63 bits per heavy atom. The van der Waals surface area contributed by atoms with Crippen molar-refractivity contribution in [2.75, 3.05) is 12.4 Å². The van der Waals surface area contributed by atoms with Crippen LogP contribution in [0.4, 0.5) is 11.4 Å². The first-order chi connectivity index (χ1) is 17.1. The number of halogens is 2. The van der Waals surface area contributed by atoms with Gasteiger partial charge in [0.15, 0.2) is 0 Å². The lowest BCUT2D eigenvalue weighted by molar-refractivity contribution is 0.400. The molecule has 2 aromatic carbocycles. The summed E-state index contributed by atoms with van der Waals surface area (Å²) in [5.41, 5.74) is 6.07. The van der Waals surface area contributed by atoms with E-state index in [0.29, 0.717) is 22.0 Å². The average Bonchev–Trinajstić information content (AvgIpc) is 3.69. The van der Waals surface area contributed by atoms with Gasteiger partial charge in [0.05, 0.1) is 56.7 Å². The van der Waals surface area contributed by atoms with E-state index in [-0.39, 0.29) is 0 Å². The predicted octanol–water partition coefficient (Wildman–Crippen LogP) is 6.65. The minimum atomic E-state index is 0.329. The van der Waals surface area contributed by atoms with E-state index < -0.39 is 0 Å². The molecule has 2 aliphatic carbocycles. The number of pyridine rings is 1. The number of nitrogens with zero attached hydrogens (tertiary/aromatic N) is 4. The van der Waals surface area contributed by atoms with Crippen molar-refractivity contribution < 1.29 is 4.74 Å². The zero-order valence-corrected chi connectivity index (χ0v) is 20.4. The largest absolute Gasteiger partial charge is 0.480 e. The van der Waals surface area contributed by atoms with E-state index >= 15 is 0 Å². The van der Waals surface area contributed by atoms with Crippen LogP contribution in [-0.2, 0) is 0 Å². The van der Waals surface area contributed by atoms with Crippen molar-refractivity contribution in [2.24, 2.45) is 4.99 Å². The lowest BCUT2D eigenvalue weighted by atomic mass is 10.1. The molecule has 35 heavy (non-hydrogen) atoms. The topological polar surface area (TPSA) is 64.3 Å². The Hall–Kier alpha value is -3.61. The molecular formula is C27H21Cl2N5O. The Balaban J connectivity index is 1.64. The van der Waals surface area contributed by atoms with Gasteiger partial charge in [-0.15, -0.1) is 0 Å². The number of rotatable bonds is 5. The van der Waals surface area contributed by atoms with E-state index in [1.54, 1.807) is 13.3 Å². The van der Waals surface area contributed by atoms with Crippen LogP contribution < -0.4 is 15.4 Å². The van der Waals surface area contributed by atoms with Gasteiger partial charge in [0, 0.05) is 11.9 Å². The highest BCUT2D eigenvalue weighted by Gasteiger charge is 2.22. The molecule has 1 aliphatic heterocycles. The van der Waals surface area contributed by atoms with Crippen LogP contribution in [0.1, 0.15) is 12.8 Å². The third kappa shape index (κ3) is 4.20. The van der Waals surface area contributed by atoms with Gasteiger partial charge in [-0.05, 0) is 67.4 Å². The van der Waals surface area contributed by atoms with Crippen LogP contribution in [0.15, 0.2) is 77.9 Å². The zero-order valence-electron chi connectivity index (χ0n) is 18.9. The van der Waals surface area contributed by atoms with Gasteiger partial charge in [0.1, 0.15) is 5.69 Å². The fourth-order valence-corrected chi connectivity index (χ4v) is 4.44. The summed E-state index contributed by atoms with van der Waals surface area (Å²) in [5, 5.41) is 5.34. The van der Waals surface area contributed by atoms with Crippen LogP contribution in [0.3, 0.4) is 0 Å². The Morgan fingerprint density at radius 2 is 1.83 bits per heavy atom. The molecular weight excluding hydrogens is 481 g/mol. The molecule has 3 aromatic rings. The number of methoxy groups -OCH3 is 1. The first kappa shape index (κ1) is 21.9. The maximum absolute atomic E-state index is 6.41. The maximum Gasteiger partial charge on any atom is 0.237 e. The first-order valence-corrected chi connectivity index (χ1v) is 12.1. The molecule has 174 valence electrons. The molecule has 8 heteroatoms. The Labute approximate surface area is 212 Å². The van der Waals surface area contributed by atoms with Crippen molar-refractivity contribution in [1.29, 1.82) is 0 Å². The van der Waals surface area contributed by atoms with E-state index in [2.05, 4.69) is 27.0 Å². The van der Waals surface area contributed by atoms with Gasteiger partial charge in [0.2, 0.25) is 5.88 Å². The third-order valence-corrected chi connectivity index (χ3v) is 6.70. The summed E-state index contributed by atoms with van der Waals surface area (Å²) in [5.74, 6) is 0.516. The van der Waals surface area contributed by atoms with E-state index in [0.717, 1.165) is 57.7 Å². The van der Waals surface area contributed by atoms with E-state index in [1.807, 2.05) is 54.6 Å². The van der Waals surface area contributed by atoms with Crippen molar-refractivity contribution in [3.05, 3.63) is 88.3 Å². The standard InChI is InChI=1S/C27H21Cl2N5O/c1-35-27-21(6-4-12-30-27)33-22-14-24-26(15-23(22)31-16-8-9-16)34(17-10-11-18(28)19(29)13-17)25-7-3-2-5-20(25)32-24/h2-7,10-16,33H,8-9H2,1H3/b31-23+. The molecule has 1 fully saturated rings. The summed E-state index contributed by atoms with van der Waals surface area (Å²) in [6.07, 6.45) is 3.89. The van der Waals surface area contributed by atoms with Crippen LogP contribution in [0.5, 0.6) is 5.88 Å². The van der Waals surface area contributed by atoms with Gasteiger partial charge < -0.3 is 14.6 Å². The van der Waals surface area contributed by atoms with E-state index in [1.165, 1.54) is 0 Å². The molecule has 6 rings (SSSR count). The summed E-state index contributed by atoms with van der Waals surface area (Å²) in [4.78, 5) is 14.3. The number of ether oxygens (including phenoxy) is 1. The van der Waals surface area contributed by atoms with Gasteiger partial charge in [-0.3, -0.25) is 4.99 Å². The quantitative estimate of drug-likeness (QED) is 0.274. The smallest absolute Gasteiger partial charge is 0.237 e. The van der Waals surface area contributed by atoms with Crippen molar-refractivity contribution in [1.82, 2.24) is 14.5 Å². The normalized spacial score (nSPS) is 14.0. The summed E-state index contributed by atoms with van der Waals surface area (Å²) >= 11 is 12.6. The highest BCUT2D eigenvalue weighted by molar-refractivity contribution is 6.42. The SMILES string of the molecule is COc1ncccc1Nc1cc2nc3ccccc3n(-c3ccc(Cl)c(Cl)c3)c-2c/c1=N\C1CC1. The Kier molecular flexibility index (Phi) is 5.55. The highest BCUT2D eigenvalue weighted by atomic mass is 35.5. The fourth-order valence-electron chi connectivity index (χ4n) is 4.15. The van der Waals surface area contributed by atoms with Gasteiger partial charge in [-0.2, -0.15) is 0 Å². The summed E-state index contributed by atoms with van der Waals surface area (Å²) < 4.78 is 7.60. The number of hydrogen-bond donors (Lipinski definition) is 1. The number of hydrogen-bond acceptors (Lipinski definition) is 5. The molecule has 0 radical (unpaired) electrons. The van der Waals surface area contributed by atoms with E-state index in [9.17, 15) is 0 Å². The van der Waals surface area contributed by atoms with Crippen LogP contribution in [-0.4, -0.2) is 27.7 Å². The number of para-hydroxylation sites is 2. The summed E-state index contributed by atoms with van der Waals surface area (Å²) in [6, 6.07) is 21.9. The van der Waals surface area contributed by atoms with Crippen LogP contribution in [0, 0.1) is 0 Å². The van der Waals surface area contributed by atoms with Gasteiger partial charge in [-0.25, -0.2) is 9.97 Å². The molecule has 2 heterocycles. The van der Waals surface area contributed by atoms with Crippen molar-refractivity contribution in [2.45, 2.75) is 18.9 Å². The minimum Gasteiger partial charge on any atom is -0.480 e. The van der Waals surface area contributed by atoms with Crippen molar-refractivity contribution in [3.63, 3.8) is 0 Å².